The molecule has 0 spiro atoms. The first-order chi connectivity index (χ1) is 14.3. The average molecular weight is 468 g/mol. The summed E-state index contributed by atoms with van der Waals surface area (Å²) in [6, 6.07) is 9.60. The number of nitrogens with two attached hydrogens (primary N) is 1. The van der Waals surface area contributed by atoms with E-state index in [2.05, 4.69) is 4.98 Å². The predicted molar refractivity (Wildman–Crippen MR) is 120 cm³/mol. The van der Waals surface area contributed by atoms with Gasteiger partial charge in [0.25, 0.3) is 0 Å². The lowest BCUT2D eigenvalue weighted by molar-refractivity contribution is 0.0601. The molecule has 0 fully saturated rings. The van der Waals surface area contributed by atoms with Crippen LogP contribution in [-0.4, -0.2) is 43.3 Å². The van der Waals surface area contributed by atoms with Gasteiger partial charge in [0, 0.05) is 12.1 Å². The van der Waals surface area contributed by atoms with Crippen LogP contribution in [0.2, 0.25) is 0 Å². The summed E-state index contributed by atoms with van der Waals surface area (Å²) in [6.45, 7) is 1.54. The maximum absolute atomic E-state index is 14.0. The highest BCUT2D eigenvalue weighted by Gasteiger charge is 2.18. The van der Waals surface area contributed by atoms with Crippen molar-refractivity contribution < 1.29 is 22.3 Å². The minimum atomic E-state index is -3.42. The quantitative estimate of drug-likeness (QED) is 0.533. The Hall–Kier alpha value is -2.75. The molecule has 7 nitrogen and oxygen atoms in total. The van der Waals surface area contributed by atoms with Crippen molar-refractivity contribution >= 4 is 39.2 Å². The third-order valence-corrected chi connectivity index (χ3v) is 6.42. The number of aromatic nitrogens is 2. The van der Waals surface area contributed by atoms with Crippen molar-refractivity contribution in [1.29, 1.82) is 0 Å². The first-order valence-corrected chi connectivity index (χ1v) is 10.9. The molecule has 2 aromatic carbocycles. The Morgan fingerprint density at radius 3 is 2.68 bits per heavy atom. The fourth-order valence-electron chi connectivity index (χ4n) is 3.12. The number of hydrogen-bond acceptors (Lipinski definition) is 6. The molecule has 0 radical (unpaired) electrons. The van der Waals surface area contributed by atoms with Crippen molar-refractivity contribution in [1.82, 2.24) is 9.55 Å². The molecule has 0 aliphatic heterocycles. The minimum Gasteiger partial charge on any atom is -0.465 e. The van der Waals surface area contributed by atoms with Crippen LogP contribution in [0.1, 0.15) is 17.3 Å². The van der Waals surface area contributed by atoms with Gasteiger partial charge in [0.2, 0.25) is 0 Å². The maximum Gasteiger partial charge on any atom is 0.337 e. The Morgan fingerprint density at radius 2 is 2.03 bits per heavy atom. The zero-order valence-corrected chi connectivity index (χ0v) is 18.7. The van der Waals surface area contributed by atoms with Gasteiger partial charge >= 0.3 is 5.97 Å². The van der Waals surface area contributed by atoms with Gasteiger partial charge in [-0.1, -0.05) is 19.1 Å². The van der Waals surface area contributed by atoms with Gasteiger partial charge in [0.1, 0.15) is 5.83 Å². The van der Waals surface area contributed by atoms with Gasteiger partial charge in [-0.3, -0.25) is 0 Å². The number of esters is 1. The van der Waals surface area contributed by atoms with Gasteiger partial charge in [-0.25, -0.2) is 22.6 Å². The summed E-state index contributed by atoms with van der Waals surface area (Å²) in [6.07, 6.45) is 2.72. The second-order valence-corrected chi connectivity index (χ2v) is 8.85. The molecule has 1 aromatic heterocycles. The smallest absolute Gasteiger partial charge is 0.337 e. The van der Waals surface area contributed by atoms with Gasteiger partial charge < -0.3 is 15.0 Å². The molecule has 3 rings (SSSR count). The molecule has 166 valence electrons. The number of methoxy groups -OCH3 is 1. The van der Waals surface area contributed by atoms with Crippen molar-refractivity contribution in [2.24, 2.45) is 5.73 Å². The lowest BCUT2D eigenvalue weighted by Gasteiger charge is -2.10. The topological polar surface area (TPSA) is 104 Å². The number of ether oxygens (including phenoxy) is 1. The number of benzene rings is 2. The second kappa shape index (κ2) is 10.0. The minimum absolute atomic E-state index is 0. The van der Waals surface area contributed by atoms with Crippen LogP contribution >= 0.6 is 12.4 Å². The predicted octanol–water partition coefficient (Wildman–Crippen LogP) is 3.52. The molecular weight excluding hydrogens is 445 g/mol. The molecule has 0 atom stereocenters. The molecule has 0 saturated heterocycles. The summed E-state index contributed by atoms with van der Waals surface area (Å²) in [5.41, 5.74) is 7.74. The van der Waals surface area contributed by atoms with Crippen LogP contribution in [0.5, 0.6) is 0 Å². The number of sulfone groups is 1. The van der Waals surface area contributed by atoms with Crippen LogP contribution in [0.4, 0.5) is 4.39 Å². The van der Waals surface area contributed by atoms with Crippen LogP contribution in [0.25, 0.3) is 22.2 Å². The molecule has 0 saturated carbocycles. The van der Waals surface area contributed by atoms with Crippen LogP contribution in [0.15, 0.2) is 59.5 Å². The normalized spacial score (nSPS) is 11.9. The Bertz CT molecular complexity index is 1240. The van der Waals surface area contributed by atoms with Crippen molar-refractivity contribution in [3.63, 3.8) is 0 Å². The largest absolute Gasteiger partial charge is 0.465 e. The number of halogens is 2. The highest BCUT2D eigenvalue weighted by atomic mass is 35.5. The van der Waals surface area contributed by atoms with E-state index in [1.807, 2.05) is 0 Å². The van der Waals surface area contributed by atoms with Gasteiger partial charge in [-0.2, -0.15) is 0 Å². The number of nitrogens with zero attached hydrogens (tertiary/aromatic N) is 2. The zero-order valence-electron chi connectivity index (χ0n) is 17.0. The lowest BCUT2D eigenvalue weighted by Crippen LogP contribution is -2.05. The van der Waals surface area contributed by atoms with Crippen molar-refractivity contribution in [3.05, 3.63) is 60.2 Å². The lowest BCUT2D eigenvalue weighted by atomic mass is 10.0. The van der Waals surface area contributed by atoms with E-state index in [1.165, 1.54) is 25.6 Å². The van der Waals surface area contributed by atoms with Crippen LogP contribution in [0.3, 0.4) is 0 Å². The first-order valence-electron chi connectivity index (χ1n) is 9.25. The Kier molecular flexibility index (Phi) is 7.94. The SMILES string of the molecule is CCS(=O)(=O)c1cccc(-c2cc(C(=O)OC)cc3c2ncn3CC(F)=CCN)c1.Cl. The maximum atomic E-state index is 14.0. The van der Waals surface area contributed by atoms with Crippen LogP contribution < -0.4 is 5.73 Å². The van der Waals surface area contributed by atoms with E-state index in [4.69, 9.17) is 10.5 Å². The van der Waals surface area contributed by atoms with Crippen molar-refractivity contribution in [3.8, 4) is 11.1 Å². The van der Waals surface area contributed by atoms with E-state index in [-0.39, 0.29) is 41.7 Å². The third kappa shape index (κ3) is 5.12. The molecule has 10 heteroatoms. The number of carbonyl (C=O) groups excluding carboxylic acids is 1. The van der Waals surface area contributed by atoms with E-state index in [1.54, 1.807) is 41.8 Å². The van der Waals surface area contributed by atoms with Crippen LogP contribution in [-0.2, 0) is 21.1 Å². The Labute approximate surface area is 186 Å². The number of rotatable bonds is 7. The molecule has 31 heavy (non-hydrogen) atoms. The second-order valence-electron chi connectivity index (χ2n) is 6.57. The van der Waals surface area contributed by atoms with E-state index in [0.29, 0.717) is 22.2 Å². The molecule has 1 heterocycles. The van der Waals surface area contributed by atoms with E-state index < -0.39 is 21.6 Å². The zero-order chi connectivity index (χ0) is 21.9. The average Bonchev–Trinajstić information content (AvgIpc) is 3.15. The van der Waals surface area contributed by atoms with Crippen molar-refractivity contribution in [2.45, 2.75) is 18.4 Å². The van der Waals surface area contributed by atoms with Gasteiger partial charge in [0.05, 0.1) is 47.2 Å². The molecule has 0 amide bonds. The number of imidazole rings is 1. The number of allylic oxidation sites excluding steroid dienone is 1. The van der Waals surface area contributed by atoms with Gasteiger partial charge in [0.15, 0.2) is 9.84 Å². The highest BCUT2D eigenvalue weighted by Crippen LogP contribution is 2.31. The summed E-state index contributed by atoms with van der Waals surface area (Å²) in [7, 11) is -2.15. The Balaban J connectivity index is 0.00000341. The van der Waals surface area contributed by atoms with Gasteiger partial charge in [-0.05, 0) is 35.9 Å². The van der Waals surface area contributed by atoms with E-state index in [9.17, 15) is 17.6 Å². The first kappa shape index (κ1) is 24.5. The van der Waals surface area contributed by atoms with Crippen LogP contribution in [0, 0.1) is 0 Å². The van der Waals surface area contributed by atoms with Crippen molar-refractivity contribution in [2.75, 3.05) is 19.4 Å². The summed E-state index contributed by atoms with van der Waals surface area (Å²) in [4.78, 5) is 16.8. The number of fused-ring (bicyclic) bond motifs is 1. The monoisotopic (exact) mass is 467 g/mol. The highest BCUT2D eigenvalue weighted by molar-refractivity contribution is 7.91. The summed E-state index contributed by atoms with van der Waals surface area (Å²) in [5.74, 6) is -1.03. The third-order valence-electron chi connectivity index (χ3n) is 4.69. The summed E-state index contributed by atoms with van der Waals surface area (Å²) < 4.78 is 45.0. The molecule has 0 aliphatic carbocycles. The van der Waals surface area contributed by atoms with E-state index >= 15 is 0 Å². The standard InChI is InChI=1S/C21H22FN3O4S.ClH/c1-3-30(27,28)17-6-4-5-14(9-17)18-10-15(21(26)29-2)11-19-20(18)24-13-25(19)12-16(22)7-8-23;/h4-7,9-11,13H,3,8,12,23H2,1-2H3;1H. The van der Waals surface area contributed by atoms with Gasteiger partial charge in [-0.15, -0.1) is 12.4 Å². The fourth-order valence-corrected chi connectivity index (χ4v) is 4.05. The summed E-state index contributed by atoms with van der Waals surface area (Å²) in [5, 5.41) is 0. The molecule has 0 bridgehead atoms. The molecule has 3 aromatic rings. The Morgan fingerprint density at radius 1 is 1.29 bits per heavy atom. The number of carbonyl (C=O) groups is 1. The molecular formula is C21H23ClFN3O4S. The molecule has 0 aliphatic rings. The number of hydrogen-bond donors (Lipinski definition) is 1. The fraction of sp³-hybridized carbons (Fsp3) is 0.238. The van der Waals surface area contributed by atoms with E-state index in [0.717, 1.165) is 0 Å². The summed E-state index contributed by atoms with van der Waals surface area (Å²) >= 11 is 0. The molecule has 2 N–H and O–H groups in total. The molecule has 0 unspecified atom stereocenters.